The molecule has 0 aliphatic carbocycles. The minimum absolute atomic E-state index is 0.0427. The van der Waals surface area contributed by atoms with Crippen LogP contribution in [0, 0.1) is 0 Å². The van der Waals surface area contributed by atoms with Crippen molar-refractivity contribution in [2.24, 2.45) is 0 Å². The van der Waals surface area contributed by atoms with Crippen molar-refractivity contribution in [1.82, 2.24) is 0 Å². The minimum atomic E-state index is -2.40. The van der Waals surface area contributed by atoms with Crippen LogP contribution in [0.4, 0.5) is 0 Å². The Hall–Kier alpha value is -0.844. The van der Waals surface area contributed by atoms with Crippen LogP contribution in [-0.2, 0) is 4.43 Å². The second kappa shape index (κ2) is 8.45. The third kappa shape index (κ3) is 5.11. The summed E-state index contributed by atoms with van der Waals surface area (Å²) < 4.78 is 9.51. The Morgan fingerprint density at radius 1 is 0.885 bits per heavy atom. The van der Waals surface area contributed by atoms with Crippen LogP contribution >= 0.6 is 0 Å². The molecule has 2 aromatic rings. The molecule has 0 unspecified atom stereocenters. The molecule has 1 nitrogen and oxygen atoms in total. The molecule has 2 aromatic carbocycles. The van der Waals surface area contributed by atoms with Gasteiger partial charge in [-0.2, -0.15) is 0 Å². The molecule has 0 fully saturated rings. The van der Waals surface area contributed by atoms with Crippen molar-refractivity contribution in [3.8, 4) is 0 Å². The normalized spacial score (nSPS) is 13.7. The van der Waals surface area contributed by atoms with Gasteiger partial charge < -0.3 is 0 Å². The van der Waals surface area contributed by atoms with E-state index in [1.54, 1.807) is 0 Å². The van der Waals surface area contributed by atoms with Gasteiger partial charge in [0.25, 0.3) is 0 Å². The Balaban J connectivity index is 2.56. The van der Waals surface area contributed by atoms with E-state index >= 15 is 0 Å². The van der Waals surface area contributed by atoms with Gasteiger partial charge in [-0.25, -0.2) is 0 Å². The summed E-state index contributed by atoms with van der Waals surface area (Å²) in [4.78, 5) is 7.34. The summed E-state index contributed by atoms with van der Waals surface area (Å²) in [5.74, 6) is 0. The van der Waals surface area contributed by atoms with Crippen LogP contribution in [0.1, 0.15) is 27.7 Å². The first-order valence-corrected chi connectivity index (χ1v) is 21.6. The zero-order valence-electron chi connectivity index (χ0n) is 17.5. The third-order valence-electron chi connectivity index (χ3n) is 4.61. The molecule has 140 valence electrons. The van der Waals surface area contributed by atoms with Crippen LogP contribution in [0.15, 0.2) is 70.3 Å². The van der Waals surface area contributed by atoms with Gasteiger partial charge in [-0.1, -0.05) is 0 Å². The zero-order valence-corrected chi connectivity index (χ0v) is 21.3. The second-order valence-corrected chi connectivity index (χ2v) is 27.9. The molecular formula is C23H34OSiSn. The molecule has 0 saturated carbocycles. The van der Waals surface area contributed by atoms with Crippen LogP contribution in [0.5, 0.6) is 0 Å². The summed E-state index contributed by atoms with van der Waals surface area (Å²) in [6.45, 7) is 9.96. The van der Waals surface area contributed by atoms with E-state index in [1.807, 2.05) is 0 Å². The molecule has 0 spiro atoms. The topological polar surface area (TPSA) is 9.23 Å². The van der Waals surface area contributed by atoms with E-state index in [4.69, 9.17) is 4.43 Å². The summed E-state index contributed by atoms with van der Waals surface area (Å²) in [7, 11) is -2.40. The van der Waals surface area contributed by atoms with Crippen molar-refractivity contribution in [1.29, 1.82) is 0 Å². The monoisotopic (exact) mass is 474 g/mol. The fourth-order valence-electron chi connectivity index (χ4n) is 3.76. The van der Waals surface area contributed by atoms with Gasteiger partial charge in [-0.05, 0) is 0 Å². The van der Waals surface area contributed by atoms with E-state index < -0.39 is 26.7 Å². The first-order valence-electron chi connectivity index (χ1n) is 9.50. The summed E-state index contributed by atoms with van der Waals surface area (Å²) in [6.07, 6.45) is 0. The van der Waals surface area contributed by atoms with E-state index in [-0.39, 0.29) is 5.04 Å². The Bertz CT molecular complexity index is 685. The van der Waals surface area contributed by atoms with Gasteiger partial charge in [-0.3, -0.25) is 0 Å². The van der Waals surface area contributed by atoms with Crippen LogP contribution in [0.3, 0.4) is 0 Å². The van der Waals surface area contributed by atoms with Gasteiger partial charge in [0.05, 0.1) is 0 Å². The van der Waals surface area contributed by atoms with Gasteiger partial charge >= 0.3 is 166 Å². The van der Waals surface area contributed by atoms with Crippen molar-refractivity contribution >= 4 is 37.1 Å². The van der Waals surface area contributed by atoms with Crippen LogP contribution < -0.4 is 10.4 Å². The number of hydrogen-bond donors (Lipinski definition) is 0. The molecule has 0 saturated heterocycles. The molecule has 0 atom stereocenters. The number of hydrogen-bond acceptors (Lipinski definition) is 1. The van der Waals surface area contributed by atoms with Crippen molar-refractivity contribution in [2.75, 3.05) is 6.61 Å². The molecule has 0 radical (unpaired) electrons. The quantitative estimate of drug-likeness (QED) is 0.512. The standard InChI is InChI=1S/C20H25OSi.3CH3.Sn/c1-17(2)16-21-22(20(3,4)5,18-12-8-6-9-13-18)19-14-10-7-11-15-19;;;;/h1,6-15H,16H2,2-5H3;3*1H3;. The van der Waals surface area contributed by atoms with E-state index in [2.05, 4.69) is 107 Å². The van der Waals surface area contributed by atoms with Crippen molar-refractivity contribution < 1.29 is 4.43 Å². The fourth-order valence-corrected chi connectivity index (χ4v) is 12.8. The van der Waals surface area contributed by atoms with Crippen LogP contribution in [0.2, 0.25) is 19.9 Å². The number of rotatable bonds is 6. The summed E-state index contributed by atoms with van der Waals surface area (Å²) in [5, 5.41) is 2.75. The maximum absolute atomic E-state index is 6.98. The second-order valence-electron chi connectivity index (χ2n) is 9.31. The zero-order chi connectivity index (χ0) is 19.4. The first-order chi connectivity index (χ1) is 12.1. The van der Waals surface area contributed by atoms with Crippen molar-refractivity contribution in [2.45, 2.75) is 47.6 Å². The Kier molecular flexibility index (Phi) is 6.97. The molecule has 0 aliphatic heterocycles. The molecule has 3 heteroatoms. The van der Waals surface area contributed by atoms with E-state index in [9.17, 15) is 0 Å². The Morgan fingerprint density at radius 3 is 1.65 bits per heavy atom. The molecule has 26 heavy (non-hydrogen) atoms. The van der Waals surface area contributed by atoms with Crippen molar-refractivity contribution in [3.05, 3.63) is 70.3 Å². The van der Waals surface area contributed by atoms with E-state index in [0.717, 1.165) is 6.61 Å². The van der Waals surface area contributed by atoms with Gasteiger partial charge in [0.1, 0.15) is 0 Å². The maximum atomic E-state index is 6.98. The van der Waals surface area contributed by atoms with Crippen LogP contribution in [0.25, 0.3) is 0 Å². The van der Waals surface area contributed by atoms with Gasteiger partial charge in [0.2, 0.25) is 0 Å². The SMILES string of the molecule is C/C(=[CH]\[Sn]([CH3])([CH3])[CH3])CO[Si](c1ccccc1)(c1ccccc1)C(C)(C)C. The Labute approximate surface area is 165 Å². The average molecular weight is 473 g/mol. The van der Waals surface area contributed by atoms with Crippen LogP contribution in [-0.4, -0.2) is 33.3 Å². The van der Waals surface area contributed by atoms with Gasteiger partial charge in [0.15, 0.2) is 0 Å². The van der Waals surface area contributed by atoms with E-state index in [1.165, 1.54) is 15.9 Å². The molecule has 0 bridgehead atoms. The summed E-state index contributed by atoms with van der Waals surface area (Å²) in [5.41, 5.74) is 1.39. The molecule has 0 aliphatic rings. The predicted molar refractivity (Wildman–Crippen MR) is 121 cm³/mol. The first kappa shape index (κ1) is 21.5. The summed E-state index contributed by atoms with van der Waals surface area (Å²) >= 11 is -1.97. The third-order valence-corrected chi connectivity index (χ3v) is 13.5. The summed E-state index contributed by atoms with van der Waals surface area (Å²) in [6, 6.07) is 21.8. The molecular weight excluding hydrogens is 439 g/mol. The fraction of sp³-hybridized carbons (Fsp3) is 0.391. The van der Waals surface area contributed by atoms with E-state index in [0.29, 0.717) is 0 Å². The molecule has 0 N–H and O–H groups in total. The molecule has 2 rings (SSSR count). The average Bonchev–Trinajstić information content (AvgIpc) is 2.54. The van der Waals surface area contributed by atoms with Crippen molar-refractivity contribution in [3.63, 3.8) is 0 Å². The molecule has 0 heterocycles. The van der Waals surface area contributed by atoms with Gasteiger partial charge in [-0.15, -0.1) is 0 Å². The predicted octanol–water partition coefficient (Wildman–Crippen LogP) is 5.39. The van der Waals surface area contributed by atoms with Gasteiger partial charge in [0, 0.05) is 0 Å². The number of benzene rings is 2. The Morgan fingerprint density at radius 2 is 1.31 bits per heavy atom. The molecule has 0 amide bonds. The molecule has 0 aromatic heterocycles.